The third-order valence-electron chi connectivity index (χ3n) is 7.09. The lowest BCUT2D eigenvalue weighted by atomic mass is 10.1. The molecule has 3 rings (SSSR count). The van der Waals surface area contributed by atoms with Crippen LogP contribution in [0.3, 0.4) is 0 Å². The van der Waals surface area contributed by atoms with E-state index in [4.69, 9.17) is 9.47 Å². The van der Waals surface area contributed by atoms with Crippen LogP contribution < -0.4 is 19.1 Å². The SMILES string of the molecule is CCC(C)NC(=O)C(CC)N(Cc1cccc(C)c1)C(=O)CN(c1ccc(OC)c(OC)c1)S(=O)(=O)c1ccccc1. The van der Waals surface area contributed by atoms with E-state index in [1.165, 1.54) is 37.3 Å². The van der Waals surface area contributed by atoms with Crippen molar-refractivity contribution in [3.05, 3.63) is 83.9 Å². The summed E-state index contributed by atoms with van der Waals surface area (Å²) in [6.45, 7) is 7.27. The topological polar surface area (TPSA) is 105 Å². The molecule has 0 fully saturated rings. The summed E-state index contributed by atoms with van der Waals surface area (Å²) in [7, 11) is -1.26. The highest BCUT2D eigenvalue weighted by Crippen LogP contribution is 2.34. The molecule has 3 aromatic carbocycles. The van der Waals surface area contributed by atoms with Gasteiger partial charge in [-0.1, -0.05) is 61.9 Å². The van der Waals surface area contributed by atoms with Crippen molar-refractivity contribution >= 4 is 27.5 Å². The van der Waals surface area contributed by atoms with Crippen LogP contribution in [0.5, 0.6) is 11.5 Å². The van der Waals surface area contributed by atoms with Crippen LogP contribution in [0.15, 0.2) is 77.7 Å². The lowest BCUT2D eigenvalue weighted by molar-refractivity contribution is -0.140. The van der Waals surface area contributed by atoms with E-state index in [0.29, 0.717) is 17.9 Å². The van der Waals surface area contributed by atoms with Crippen molar-refractivity contribution in [3.8, 4) is 11.5 Å². The first-order valence-corrected chi connectivity index (χ1v) is 15.4. The molecule has 2 atom stereocenters. The molecule has 0 aliphatic heterocycles. The van der Waals surface area contributed by atoms with Crippen molar-refractivity contribution in [1.29, 1.82) is 0 Å². The second-order valence-corrected chi connectivity index (χ2v) is 12.0. The first kappa shape index (κ1) is 32.5. The van der Waals surface area contributed by atoms with Gasteiger partial charge in [0.25, 0.3) is 10.0 Å². The molecule has 9 nitrogen and oxygen atoms in total. The molecule has 2 amide bonds. The third kappa shape index (κ3) is 7.82. The highest BCUT2D eigenvalue weighted by Gasteiger charge is 2.34. The van der Waals surface area contributed by atoms with Crippen molar-refractivity contribution < 1.29 is 27.5 Å². The van der Waals surface area contributed by atoms with Gasteiger partial charge in [0.2, 0.25) is 11.8 Å². The molecule has 0 bridgehead atoms. The highest BCUT2D eigenvalue weighted by molar-refractivity contribution is 7.92. The van der Waals surface area contributed by atoms with E-state index >= 15 is 0 Å². The number of amides is 2. The molecule has 0 saturated heterocycles. The van der Waals surface area contributed by atoms with Crippen molar-refractivity contribution in [2.24, 2.45) is 0 Å². The highest BCUT2D eigenvalue weighted by atomic mass is 32.2. The average Bonchev–Trinajstić information content (AvgIpc) is 2.99. The molecule has 0 aromatic heterocycles. The van der Waals surface area contributed by atoms with Gasteiger partial charge in [-0.25, -0.2) is 8.42 Å². The Balaban J connectivity index is 2.11. The molecule has 1 N–H and O–H groups in total. The molecule has 2 unspecified atom stereocenters. The van der Waals surface area contributed by atoms with Crippen LogP contribution in [0.4, 0.5) is 5.69 Å². The molecule has 0 radical (unpaired) electrons. The fraction of sp³-hybridized carbons (Fsp3) is 0.375. The molecule has 226 valence electrons. The summed E-state index contributed by atoms with van der Waals surface area (Å²) in [5.74, 6) is -0.0708. The van der Waals surface area contributed by atoms with E-state index in [9.17, 15) is 18.0 Å². The Morgan fingerprint density at radius 2 is 1.57 bits per heavy atom. The maximum Gasteiger partial charge on any atom is 0.264 e. The number of benzene rings is 3. The van der Waals surface area contributed by atoms with E-state index in [-0.39, 0.29) is 29.1 Å². The van der Waals surface area contributed by atoms with Gasteiger partial charge in [-0.15, -0.1) is 0 Å². The number of sulfonamides is 1. The van der Waals surface area contributed by atoms with E-state index < -0.39 is 28.5 Å². The van der Waals surface area contributed by atoms with E-state index in [2.05, 4.69) is 5.32 Å². The molecule has 3 aromatic rings. The van der Waals surface area contributed by atoms with E-state index in [1.54, 1.807) is 30.3 Å². The number of carbonyl (C=O) groups excluding carboxylic acids is 2. The molecule has 42 heavy (non-hydrogen) atoms. The lowest BCUT2D eigenvalue weighted by Gasteiger charge is -2.34. The Kier molecular flexibility index (Phi) is 11.4. The number of ether oxygens (including phenoxy) is 2. The minimum atomic E-state index is -4.19. The summed E-state index contributed by atoms with van der Waals surface area (Å²) in [4.78, 5) is 29.1. The molecule has 0 spiro atoms. The molecule has 0 heterocycles. The van der Waals surface area contributed by atoms with Gasteiger partial charge in [0.1, 0.15) is 12.6 Å². The summed E-state index contributed by atoms with van der Waals surface area (Å²) in [5, 5.41) is 2.99. The summed E-state index contributed by atoms with van der Waals surface area (Å²) in [6.07, 6.45) is 1.08. The van der Waals surface area contributed by atoms with Crippen molar-refractivity contribution in [2.75, 3.05) is 25.1 Å². The van der Waals surface area contributed by atoms with E-state index in [1.807, 2.05) is 52.0 Å². The number of nitrogens with zero attached hydrogens (tertiary/aromatic N) is 2. The van der Waals surface area contributed by atoms with Crippen LogP contribution in [-0.4, -0.2) is 58.0 Å². The fourth-order valence-electron chi connectivity index (χ4n) is 4.60. The molecule has 0 aliphatic carbocycles. The summed E-state index contributed by atoms with van der Waals surface area (Å²) in [5.41, 5.74) is 2.06. The average molecular weight is 596 g/mol. The van der Waals surface area contributed by atoms with Gasteiger partial charge in [-0.3, -0.25) is 13.9 Å². The summed E-state index contributed by atoms with van der Waals surface area (Å²) < 4.78 is 39.8. The number of aryl methyl sites for hydroxylation is 1. The first-order chi connectivity index (χ1) is 20.0. The van der Waals surface area contributed by atoms with Gasteiger partial charge in [0.15, 0.2) is 11.5 Å². The van der Waals surface area contributed by atoms with Gasteiger partial charge in [-0.2, -0.15) is 0 Å². The molecular formula is C32H41N3O6S. The molecule has 10 heteroatoms. The maximum absolute atomic E-state index is 14.2. The number of methoxy groups -OCH3 is 2. The largest absolute Gasteiger partial charge is 0.493 e. The van der Waals surface area contributed by atoms with Gasteiger partial charge >= 0.3 is 0 Å². The number of rotatable bonds is 14. The smallest absolute Gasteiger partial charge is 0.264 e. The maximum atomic E-state index is 14.2. The van der Waals surface area contributed by atoms with Crippen LogP contribution in [0, 0.1) is 6.92 Å². The van der Waals surface area contributed by atoms with Crippen LogP contribution in [0.2, 0.25) is 0 Å². The Morgan fingerprint density at radius 1 is 0.881 bits per heavy atom. The normalized spacial score (nSPS) is 12.6. The van der Waals surface area contributed by atoms with E-state index in [0.717, 1.165) is 21.9 Å². The second kappa shape index (κ2) is 14.7. The number of nitrogens with one attached hydrogen (secondary N) is 1. The number of hydrogen-bond acceptors (Lipinski definition) is 6. The molecule has 0 saturated carbocycles. The monoisotopic (exact) mass is 595 g/mol. The van der Waals surface area contributed by atoms with Crippen molar-refractivity contribution in [2.45, 2.75) is 64.1 Å². The Labute approximate surface area is 249 Å². The van der Waals surface area contributed by atoms with Crippen LogP contribution in [0.1, 0.15) is 44.7 Å². The number of hydrogen-bond donors (Lipinski definition) is 1. The Bertz CT molecular complexity index is 1460. The van der Waals surface area contributed by atoms with Gasteiger partial charge in [0.05, 0.1) is 24.8 Å². The minimum absolute atomic E-state index is 0.0272. The van der Waals surface area contributed by atoms with Crippen LogP contribution in [0.25, 0.3) is 0 Å². The van der Waals surface area contributed by atoms with Crippen molar-refractivity contribution in [3.63, 3.8) is 0 Å². The lowest BCUT2D eigenvalue weighted by Crippen LogP contribution is -2.53. The standard InChI is InChI=1S/C32H41N3O6S/c1-7-24(4)33-32(37)28(8-2)34(21-25-14-12-13-23(3)19-25)31(36)22-35(42(38,39)27-15-10-9-11-16-27)26-17-18-29(40-5)30(20-26)41-6/h9-20,24,28H,7-8,21-22H2,1-6H3,(H,33,37). The predicted octanol–water partition coefficient (Wildman–Crippen LogP) is 4.93. The van der Waals surface area contributed by atoms with Gasteiger partial charge in [-0.05, 0) is 56.5 Å². The van der Waals surface area contributed by atoms with Crippen LogP contribution in [-0.2, 0) is 26.2 Å². The summed E-state index contributed by atoms with van der Waals surface area (Å²) >= 11 is 0. The fourth-order valence-corrected chi connectivity index (χ4v) is 6.02. The minimum Gasteiger partial charge on any atom is -0.493 e. The quantitative estimate of drug-likeness (QED) is 0.283. The zero-order valence-corrected chi connectivity index (χ0v) is 26.0. The Hall–Kier alpha value is -4.05. The molecule has 0 aliphatic rings. The van der Waals surface area contributed by atoms with Gasteiger partial charge in [0, 0.05) is 18.7 Å². The first-order valence-electron chi connectivity index (χ1n) is 14.0. The molecular weight excluding hydrogens is 554 g/mol. The summed E-state index contributed by atoms with van der Waals surface area (Å²) in [6, 6.07) is 19.4. The Morgan fingerprint density at radius 3 is 2.17 bits per heavy atom. The zero-order valence-electron chi connectivity index (χ0n) is 25.2. The number of carbonyl (C=O) groups is 2. The van der Waals surface area contributed by atoms with Gasteiger partial charge < -0.3 is 19.7 Å². The van der Waals surface area contributed by atoms with Crippen molar-refractivity contribution in [1.82, 2.24) is 10.2 Å². The zero-order chi connectivity index (χ0) is 30.9. The number of anilines is 1. The second-order valence-electron chi connectivity index (χ2n) is 10.1. The predicted molar refractivity (Wildman–Crippen MR) is 164 cm³/mol. The third-order valence-corrected chi connectivity index (χ3v) is 8.88. The van der Waals surface area contributed by atoms with Crippen LogP contribution >= 0.6 is 0 Å².